The molecular weight excluding hydrogens is 188 g/mol. The molecule has 0 rings (SSSR count). The fourth-order valence-corrected chi connectivity index (χ4v) is 1.50. The van der Waals surface area contributed by atoms with Crippen LogP contribution in [0.15, 0.2) is 0 Å². The third-order valence-electron chi connectivity index (χ3n) is 2.15. The van der Waals surface area contributed by atoms with Gasteiger partial charge in [0.1, 0.15) is 0 Å². The molecule has 0 aliphatic rings. The Morgan fingerprint density at radius 1 is 1.13 bits per heavy atom. The van der Waals surface area contributed by atoms with Gasteiger partial charge in [-0.1, -0.05) is 34.6 Å². The molecule has 0 saturated heterocycles. The van der Waals surface area contributed by atoms with Crippen molar-refractivity contribution in [3.8, 4) is 0 Å². The van der Waals surface area contributed by atoms with Crippen LogP contribution in [0.1, 0.15) is 34.6 Å². The molecule has 0 fully saturated rings. The van der Waals surface area contributed by atoms with Gasteiger partial charge < -0.3 is 10.2 Å². The molecule has 1 N–H and O–H groups in total. The largest absolute Gasteiger partial charge is 0.355 e. The Morgan fingerprint density at radius 2 is 1.60 bits per heavy atom. The molecule has 0 saturated carbocycles. The Bertz CT molecular complexity index is 214. The molecule has 0 bridgehead atoms. The lowest BCUT2D eigenvalue weighted by Gasteiger charge is -2.30. The normalized spacial score (nSPS) is 13.1. The fourth-order valence-electron chi connectivity index (χ4n) is 1.50. The summed E-state index contributed by atoms with van der Waals surface area (Å²) in [6.45, 7) is 11.8. The van der Waals surface area contributed by atoms with Crippen molar-refractivity contribution in [2.45, 2.75) is 34.6 Å². The van der Waals surface area contributed by atoms with Gasteiger partial charge in [0.25, 0.3) is 0 Å². The predicted molar refractivity (Wildman–Crippen MR) is 64.8 cm³/mol. The Morgan fingerprint density at radius 3 is 1.93 bits per heavy atom. The summed E-state index contributed by atoms with van der Waals surface area (Å²) in [6, 6.07) is 0. The molecule has 1 amide bonds. The van der Waals surface area contributed by atoms with E-state index in [4.69, 9.17) is 0 Å². The minimum absolute atomic E-state index is 0.115. The van der Waals surface area contributed by atoms with E-state index in [1.807, 2.05) is 34.9 Å². The number of rotatable bonds is 4. The molecule has 90 valence electrons. The summed E-state index contributed by atoms with van der Waals surface area (Å²) in [5.74, 6) is 0.120. The number of carbonyl (C=O) groups is 1. The zero-order chi connectivity index (χ0) is 12.3. The molecule has 0 spiro atoms. The number of carbonyl (C=O) groups excluding carboxylic acids is 1. The Labute approximate surface area is 94.2 Å². The first-order chi connectivity index (χ1) is 6.54. The summed E-state index contributed by atoms with van der Waals surface area (Å²) in [5.41, 5.74) is -0.182. The van der Waals surface area contributed by atoms with Gasteiger partial charge in [-0.3, -0.25) is 4.79 Å². The van der Waals surface area contributed by atoms with Gasteiger partial charge in [0.2, 0.25) is 5.91 Å². The van der Waals surface area contributed by atoms with Gasteiger partial charge in [0, 0.05) is 18.5 Å². The van der Waals surface area contributed by atoms with E-state index in [-0.39, 0.29) is 16.7 Å². The van der Waals surface area contributed by atoms with E-state index in [0.717, 1.165) is 13.1 Å². The summed E-state index contributed by atoms with van der Waals surface area (Å²) in [7, 11) is 4.10. The van der Waals surface area contributed by atoms with Gasteiger partial charge >= 0.3 is 0 Å². The van der Waals surface area contributed by atoms with Crippen molar-refractivity contribution in [2.75, 3.05) is 27.2 Å². The Hall–Kier alpha value is -0.570. The average Bonchev–Trinajstić information content (AvgIpc) is 1.95. The number of amides is 1. The van der Waals surface area contributed by atoms with Crippen molar-refractivity contribution in [1.29, 1.82) is 0 Å². The maximum Gasteiger partial charge on any atom is 0.225 e. The third-order valence-corrected chi connectivity index (χ3v) is 2.15. The first-order valence-electron chi connectivity index (χ1n) is 5.48. The van der Waals surface area contributed by atoms with Gasteiger partial charge in [-0.2, -0.15) is 0 Å². The molecule has 0 aromatic heterocycles. The first-order valence-corrected chi connectivity index (χ1v) is 5.48. The second-order valence-corrected chi connectivity index (χ2v) is 6.33. The smallest absolute Gasteiger partial charge is 0.225 e. The van der Waals surface area contributed by atoms with Crippen molar-refractivity contribution in [3.63, 3.8) is 0 Å². The summed E-state index contributed by atoms with van der Waals surface area (Å²) in [4.78, 5) is 13.8. The van der Waals surface area contributed by atoms with Gasteiger partial charge in [0.15, 0.2) is 0 Å². The molecular formula is C12H26N2O. The topological polar surface area (TPSA) is 32.3 Å². The van der Waals surface area contributed by atoms with E-state index in [9.17, 15) is 4.79 Å². The molecule has 0 heterocycles. The van der Waals surface area contributed by atoms with E-state index >= 15 is 0 Å². The molecule has 0 unspecified atom stereocenters. The molecule has 0 aromatic carbocycles. The fraction of sp³-hybridized carbons (Fsp3) is 0.917. The van der Waals surface area contributed by atoms with E-state index < -0.39 is 0 Å². The van der Waals surface area contributed by atoms with Crippen LogP contribution in [0.25, 0.3) is 0 Å². The zero-order valence-corrected chi connectivity index (χ0v) is 11.3. The highest BCUT2D eigenvalue weighted by Gasteiger charge is 2.25. The van der Waals surface area contributed by atoms with Gasteiger partial charge in [-0.25, -0.2) is 0 Å². The molecule has 15 heavy (non-hydrogen) atoms. The second kappa shape index (κ2) is 4.97. The van der Waals surface area contributed by atoms with Crippen LogP contribution in [0, 0.1) is 10.8 Å². The molecule has 0 atom stereocenters. The van der Waals surface area contributed by atoms with Crippen LogP contribution in [0.4, 0.5) is 0 Å². The zero-order valence-electron chi connectivity index (χ0n) is 11.3. The van der Waals surface area contributed by atoms with Crippen molar-refractivity contribution in [1.82, 2.24) is 10.2 Å². The van der Waals surface area contributed by atoms with Crippen molar-refractivity contribution in [3.05, 3.63) is 0 Å². The Balaban J connectivity index is 4.10. The highest BCUT2D eigenvalue weighted by molar-refractivity contribution is 5.81. The number of hydrogen-bond acceptors (Lipinski definition) is 2. The first kappa shape index (κ1) is 14.4. The molecule has 0 aliphatic heterocycles. The predicted octanol–water partition coefficient (Wildman–Crippen LogP) is 1.74. The summed E-state index contributed by atoms with van der Waals surface area (Å²) in [6.07, 6.45) is 0. The third kappa shape index (κ3) is 6.50. The SMILES string of the molecule is CN(C)CC(C)(C)CNC(=O)C(C)(C)C. The summed E-state index contributed by atoms with van der Waals surface area (Å²) >= 11 is 0. The molecule has 0 aliphatic carbocycles. The average molecular weight is 214 g/mol. The molecule has 3 heteroatoms. The van der Waals surface area contributed by atoms with Crippen LogP contribution >= 0.6 is 0 Å². The lowest BCUT2D eigenvalue weighted by molar-refractivity contribution is -0.129. The van der Waals surface area contributed by atoms with E-state index in [2.05, 4.69) is 24.1 Å². The van der Waals surface area contributed by atoms with Crippen molar-refractivity contribution < 1.29 is 4.79 Å². The Kier molecular flexibility index (Phi) is 4.78. The van der Waals surface area contributed by atoms with E-state index in [1.54, 1.807) is 0 Å². The van der Waals surface area contributed by atoms with Gasteiger partial charge in [0.05, 0.1) is 0 Å². The van der Waals surface area contributed by atoms with Crippen LogP contribution in [-0.2, 0) is 4.79 Å². The molecule has 3 nitrogen and oxygen atoms in total. The molecule has 0 aromatic rings. The maximum atomic E-state index is 11.7. The highest BCUT2D eigenvalue weighted by atomic mass is 16.2. The molecule has 0 radical (unpaired) electrons. The standard InChI is InChI=1S/C12H26N2O/c1-11(2,3)10(15)13-8-12(4,5)9-14(6)7/h8-9H2,1-7H3,(H,13,15). The van der Waals surface area contributed by atoms with Gasteiger partial charge in [-0.15, -0.1) is 0 Å². The number of nitrogens with one attached hydrogen (secondary N) is 1. The van der Waals surface area contributed by atoms with Crippen LogP contribution in [-0.4, -0.2) is 38.0 Å². The van der Waals surface area contributed by atoms with Crippen molar-refractivity contribution >= 4 is 5.91 Å². The second-order valence-electron chi connectivity index (χ2n) is 6.33. The van der Waals surface area contributed by atoms with E-state index in [1.165, 1.54) is 0 Å². The van der Waals surface area contributed by atoms with Gasteiger partial charge in [-0.05, 0) is 19.5 Å². The van der Waals surface area contributed by atoms with Crippen molar-refractivity contribution in [2.24, 2.45) is 10.8 Å². The van der Waals surface area contributed by atoms with E-state index in [0.29, 0.717) is 0 Å². The van der Waals surface area contributed by atoms with Crippen LogP contribution in [0.5, 0.6) is 0 Å². The number of nitrogens with zero attached hydrogens (tertiary/aromatic N) is 1. The summed E-state index contributed by atoms with van der Waals surface area (Å²) < 4.78 is 0. The monoisotopic (exact) mass is 214 g/mol. The number of hydrogen-bond donors (Lipinski definition) is 1. The highest BCUT2D eigenvalue weighted by Crippen LogP contribution is 2.17. The lowest BCUT2D eigenvalue weighted by Crippen LogP contribution is -2.43. The minimum atomic E-state index is -0.297. The summed E-state index contributed by atoms with van der Waals surface area (Å²) in [5, 5.41) is 3.00. The van der Waals surface area contributed by atoms with Crippen LogP contribution in [0.2, 0.25) is 0 Å². The minimum Gasteiger partial charge on any atom is -0.355 e. The maximum absolute atomic E-state index is 11.7. The van der Waals surface area contributed by atoms with Crippen LogP contribution in [0.3, 0.4) is 0 Å². The van der Waals surface area contributed by atoms with Crippen LogP contribution < -0.4 is 5.32 Å². The lowest BCUT2D eigenvalue weighted by atomic mass is 9.91. The quantitative estimate of drug-likeness (QED) is 0.773.